The number of Topliss-reactive ketones (excluding diaryl/α,β-unsaturated/α-hetero) is 1. The van der Waals surface area contributed by atoms with E-state index in [-0.39, 0.29) is 11.3 Å². The van der Waals surface area contributed by atoms with E-state index in [0.717, 1.165) is 17.0 Å². The van der Waals surface area contributed by atoms with E-state index in [1.54, 1.807) is 48.5 Å². The molecule has 8 heteroatoms. The number of nitrogens with zero attached hydrogens (tertiary/aromatic N) is 1. The van der Waals surface area contributed by atoms with Gasteiger partial charge in [-0.15, -0.1) is 0 Å². The first-order valence-electron chi connectivity index (χ1n) is 11.9. The molecular weight excluding hydrogens is 480 g/mol. The topological polar surface area (TPSA) is 76.1 Å². The second kappa shape index (κ2) is 10.8. The Morgan fingerprint density at radius 3 is 2.32 bits per heavy atom. The largest absolute Gasteiger partial charge is 0.507 e. The maximum atomic E-state index is 14.1. The molecule has 0 aromatic heterocycles. The molecule has 1 aliphatic rings. The number of hydrogen-bond donors (Lipinski definition) is 1. The number of ketones is 1. The van der Waals surface area contributed by atoms with E-state index in [0.29, 0.717) is 41.8 Å². The third-order valence-corrected chi connectivity index (χ3v) is 5.82. The van der Waals surface area contributed by atoms with E-state index in [4.69, 9.17) is 9.47 Å². The Morgan fingerprint density at radius 2 is 1.68 bits per heavy atom. The molecule has 3 aromatic carbocycles. The lowest BCUT2D eigenvalue weighted by atomic mass is 9.95. The van der Waals surface area contributed by atoms with E-state index >= 15 is 0 Å². The first-order chi connectivity index (χ1) is 17.7. The second-order valence-corrected chi connectivity index (χ2v) is 9.00. The standard InChI is InChI=1S/C29H27F2NO5/c1-4-36-22-7-5-6-19(14-22)26-25(27(33)18-8-11-21(12-9-18)37-16-17(2)3)28(34)29(35)32(26)20-10-13-23(30)24(31)15-20/h5-15,17,26,33H,4,16H2,1-3H3/b27-25+. The zero-order valence-corrected chi connectivity index (χ0v) is 20.7. The normalized spacial score (nSPS) is 16.9. The fourth-order valence-corrected chi connectivity index (χ4v) is 4.12. The van der Waals surface area contributed by atoms with Crippen molar-refractivity contribution in [3.63, 3.8) is 0 Å². The van der Waals surface area contributed by atoms with E-state index in [1.807, 2.05) is 20.8 Å². The van der Waals surface area contributed by atoms with Gasteiger partial charge < -0.3 is 14.6 Å². The van der Waals surface area contributed by atoms with Gasteiger partial charge in [0, 0.05) is 17.3 Å². The highest BCUT2D eigenvalue weighted by atomic mass is 19.2. The molecule has 1 heterocycles. The predicted molar refractivity (Wildman–Crippen MR) is 136 cm³/mol. The van der Waals surface area contributed by atoms with Crippen molar-refractivity contribution in [3.05, 3.63) is 95.1 Å². The zero-order valence-electron chi connectivity index (χ0n) is 20.7. The second-order valence-electron chi connectivity index (χ2n) is 9.00. The van der Waals surface area contributed by atoms with E-state index in [1.165, 1.54) is 6.07 Å². The lowest BCUT2D eigenvalue weighted by molar-refractivity contribution is -0.132. The van der Waals surface area contributed by atoms with Gasteiger partial charge in [-0.1, -0.05) is 26.0 Å². The summed E-state index contributed by atoms with van der Waals surface area (Å²) in [5.74, 6) is -3.17. The Kier molecular flexibility index (Phi) is 7.57. The summed E-state index contributed by atoms with van der Waals surface area (Å²) in [6, 6.07) is 15.0. The smallest absolute Gasteiger partial charge is 0.300 e. The van der Waals surface area contributed by atoms with Gasteiger partial charge in [0.15, 0.2) is 11.6 Å². The van der Waals surface area contributed by atoms with Crippen LogP contribution < -0.4 is 14.4 Å². The predicted octanol–water partition coefficient (Wildman–Crippen LogP) is 6.02. The van der Waals surface area contributed by atoms with Crippen LogP contribution in [0.5, 0.6) is 11.5 Å². The summed E-state index contributed by atoms with van der Waals surface area (Å²) in [7, 11) is 0. The number of hydrogen-bond acceptors (Lipinski definition) is 5. The first kappa shape index (κ1) is 25.9. The van der Waals surface area contributed by atoms with Crippen molar-refractivity contribution in [1.29, 1.82) is 0 Å². The molecule has 0 radical (unpaired) electrons. The van der Waals surface area contributed by atoms with Crippen molar-refractivity contribution in [3.8, 4) is 11.5 Å². The number of carbonyl (C=O) groups excluding carboxylic acids is 2. The van der Waals surface area contributed by atoms with Crippen LogP contribution in [0.25, 0.3) is 5.76 Å². The Labute approximate surface area is 213 Å². The number of rotatable bonds is 8. The minimum absolute atomic E-state index is 0.0238. The molecule has 1 unspecified atom stereocenters. The molecular formula is C29H27F2NO5. The summed E-state index contributed by atoms with van der Waals surface area (Å²) >= 11 is 0. The minimum atomic E-state index is -1.17. The van der Waals surface area contributed by atoms with Gasteiger partial charge >= 0.3 is 0 Å². The van der Waals surface area contributed by atoms with E-state index in [9.17, 15) is 23.5 Å². The van der Waals surface area contributed by atoms with Crippen LogP contribution >= 0.6 is 0 Å². The Balaban J connectivity index is 1.84. The maximum absolute atomic E-state index is 14.1. The van der Waals surface area contributed by atoms with Crippen LogP contribution in [0, 0.1) is 17.6 Å². The lowest BCUT2D eigenvalue weighted by Gasteiger charge is -2.26. The fourth-order valence-electron chi connectivity index (χ4n) is 4.12. The van der Waals surface area contributed by atoms with Crippen LogP contribution in [-0.4, -0.2) is 30.0 Å². The molecule has 0 spiro atoms. The van der Waals surface area contributed by atoms with Crippen LogP contribution in [0.2, 0.25) is 0 Å². The summed E-state index contributed by atoms with van der Waals surface area (Å²) in [4.78, 5) is 27.5. The highest BCUT2D eigenvalue weighted by Crippen LogP contribution is 2.43. The summed E-state index contributed by atoms with van der Waals surface area (Å²) in [5, 5.41) is 11.3. The van der Waals surface area contributed by atoms with Crippen LogP contribution in [0.3, 0.4) is 0 Å². The number of halogens is 2. The zero-order chi connectivity index (χ0) is 26.7. The molecule has 1 aliphatic heterocycles. The molecule has 3 aromatic rings. The van der Waals surface area contributed by atoms with Crippen molar-refractivity contribution in [2.45, 2.75) is 26.8 Å². The van der Waals surface area contributed by atoms with Crippen molar-refractivity contribution in [1.82, 2.24) is 0 Å². The molecule has 1 amide bonds. The van der Waals surface area contributed by atoms with Crippen LogP contribution in [0.4, 0.5) is 14.5 Å². The Bertz CT molecular complexity index is 1350. The number of amides is 1. The quantitative estimate of drug-likeness (QED) is 0.229. The van der Waals surface area contributed by atoms with E-state index in [2.05, 4.69) is 0 Å². The fraction of sp³-hybridized carbons (Fsp3) is 0.241. The molecule has 0 bridgehead atoms. The van der Waals surface area contributed by atoms with Gasteiger partial charge in [0.2, 0.25) is 0 Å². The third-order valence-electron chi connectivity index (χ3n) is 5.82. The number of aliphatic hydroxyl groups excluding tert-OH is 1. The number of ether oxygens (including phenoxy) is 2. The number of carbonyl (C=O) groups is 2. The molecule has 192 valence electrons. The molecule has 0 saturated carbocycles. The van der Waals surface area contributed by atoms with Crippen LogP contribution in [0.15, 0.2) is 72.3 Å². The van der Waals surface area contributed by atoms with Crippen molar-refractivity contribution < 1.29 is 33.0 Å². The molecule has 0 aliphatic carbocycles. The molecule has 1 N–H and O–H groups in total. The summed E-state index contributed by atoms with van der Waals surface area (Å²) in [5.41, 5.74) is 0.544. The third kappa shape index (κ3) is 5.33. The first-order valence-corrected chi connectivity index (χ1v) is 11.9. The lowest BCUT2D eigenvalue weighted by Crippen LogP contribution is -2.29. The summed E-state index contributed by atoms with van der Waals surface area (Å²) in [6.07, 6.45) is 0. The minimum Gasteiger partial charge on any atom is -0.507 e. The average Bonchev–Trinajstić information content (AvgIpc) is 3.15. The molecule has 1 saturated heterocycles. The Hall–Kier alpha value is -4.20. The van der Waals surface area contributed by atoms with Crippen LogP contribution in [0.1, 0.15) is 37.9 Å². The van der Waals surface area contributed by atoms with Gasteiger partial charge in [-0.05, 0) is 66.9 Å². The van der Waals surface area contributed by atoms with Gasteiger partial charge in [0.25, 0.3) is 11.7 Å². The number of benzene rings is 3. The molecule has 6 nitrogen and oxygen atoms in total. The van der Waals surface area contributed by atoms with Gasteiger partial charge in [-0.3, -0.25) is 14.5 Å². The van der Waals surface area contributed by atoms with Crippen molar-refractivity contribution in [2.24, 2.45) is 5.92 Å². The Morgan fingerprint density at radius 1 is 0.946 bits per heavy atom. The molecule has 1 fully saturated rings. The molecule has 1 atom stereocenters. The highest BCUT2D eigenvalue weighted by Gasteiger charge is 2.47. The molecule has 4 rings (SSSR count). The average molecular weight is 508 g/mol. The van der Waals surface area contributed by atoms with Crippen molar-refractivity contribution >= 4 is 23.1 Å². The van der Waals surface area contributed by atoms with Crippen molar-refractivity contribution in [2.75, 3.05) is 18.1 Å². The van der Waals surface area contributed by atoms with Gasteiger partial charge in [-0.25, -0.2) is 8.78 Å². The number of anilines is 1. The highest BCUT2D eigenvalue weighted by molar-refractivity contribution is 6.51. The monoisotopic (exact) mass is 507 g/mol. The number of aliphatic hydroxyl groups is 1. The van der Waals surface area contributed by atoms with Gasteiger partial charge in [0.1, 0.15) is 17.3 Å². The van der Waals surface area contributed by atoms with Gasteiger partial charge in [0.05, 0.1) is 24.8 Å². The maximum Gasteiger partial charge on any atom is 0.300 e. The summed E-state index contributed by atoms with van der Waals surface area (Å²) in [6.45, 7) is 6.76. The molecule has 37 heavy (non-hydrogen) atoms. The van der Waals surface area contributed by atoms with Gasteiger partial charge in [-0.2, -0.15) is 0 Å². The van der Waals surface area contributed by atoms with Crippen LogP contribution in [-0.2, 0) is 9.59 Å². The SMILES string of the molecule is CCOc1cccc(C2/C(=C(\O)c3ccc(OCC(C)C)cc3)C(=O)C(=O)N2c2ccc(F)c(F)c2)c1. The summed E-state index contributed by atoms with van der Waals surface area (Å²) < 4.78 is 39.0. The van der Waals surface area contributed by atoms with E-state index < -0.39 is 35.1 Å².